The van der Waals surface area contributed by atoms with Crippen molar-refractivity contribution in [1.82, 2.24) is 0 Å². The van der Waals surface area contributed by atoms with E-state index in [1.54, 1.807) is 0 Å². The average molecular weight is 175 g/mol. The monoisotopic (exact) mass is 175 g/mol. The number of carbonyl (C=O) groups is 1. The Bertz CT molecular complexity index is 173. The first-order chi connectivity index (χ1) is 5.65. The molecule has 4 N–H and O–H groups in total. The molecule has 1 saturated heterocycles. The molecule has 0 aromatic heterocycles. The van der Waals surface area contributed by atoms with Gasteiger partial charge in [-0.1, -0.05) is 0 Å². The van der Waals surface area contributed by atoms with Crippen molar-refractivity contribution < 1.29 is 19.7 Å². The molecule has 2 unspecified atom stereocenters. The molecule has 0 radical (unpaired) electrons. The van der Waals surface area contributed by atoms with Gasteiger partial charge in [0.05, 0.1) is 18.8 Å². The lowest BCUT2D eigenvalue weighted by atomic mass is 10.1. The normalized spacial score (nSPS) is 31.8. The summed E-state index contributed by atoms with van der Waals surface area (Å²) in [7, 11) is 0. The maximum atomic E-state index is 10.4. The molecule has 0 aromatic rings. The SMILES string of the molecule is NC(CO)C1CC[C@H](C(=O)O)O1. The second kappa shape index (κ2) is 3.84. The molecule has 1 rings (SSSR count). The molecule has 70 valence electrons. The van der Waals surface area contributed by atoms with E-state index in [2.05, 4.69) is 0 Å². The van der Waals surface area contributed by atoms with E-state index in [0.717, 1.165) is 0 Å². The van der Waals surface area contributed by atoms with Crippen molar-refractivity contribution in [2.45, 2.75) is 31.1 Å². The number of nitrogens with two attached hydrogens (primary N) is 1. The number of hydrogen-bond donors (Lipinski definition) is 3. The first-order valence-corrected chi connectivity index (χ1v) is 3.90. The van der Waals surface area contributed by atoms with Crippen molar-refractivity contribution in [3.8, 4) is 0 Å². The molecule has 3 atom stereocenters. The van der Waals surface area contributed by atoms with Gasteiger partial charge in [-0.3, -0.25) is 0 Å². The van der Waals surface area contributed by atoms with Crippen LogP contribution in [-0.4, -0.2) is 41.0 Å². The topological polar surface area (TPSA) is 92.8 Å². The highest BCUT2D eigenvalue weighted by molar-refractivity contribution is 5.72. The van der Waals surface area contributed by atoms with Crippen molar-refractivity contribution in [3.63, 3.8) is 0 Å². The fourth-order valence-electron chi connectivity index (χ4n) is 1.28. The highest BCUT2D eigenvalue weighted by Gasteiger charge is 2.33. The van der Waals surface area contributed by atoms with Crippen LogP contribution in [0.3, 0.4) is 0 Å². The molecular formula is C7H13NO4. The minimum Gasteiger partial charge on any atom is -0.479 e. The van der Waals surface area contributed by atoms with E-state index in [9.17, 15) is 4.79 Å². The van der Waals surface area contributed by atoms with E-state index in [4.69, 9.17) is 20.7 Å². The lowest BCUT2D eigenvalue weighted by molar-refractivity contribution is -0.150. The quantitative estimate of drug-likeness (QED) is 0.508. The van der Waals surface area contributed by atoms with Crippen molar-refractivity contribution in [3.05, 3.63) is 0 Å². The number of aliphatic hydroxyl groups excluding tert-OH is 1. The summed E-state index contributed by atoms with van der Waals surface area (Å²) in [5.41, 5.74) is 5.47. The lowest BCUT2D eigenvalue weighted by Crippen LogP contribution is -2.38. The molecule has 1 heterocycles. The molecule has 0 spiro atoms. The molecule has 0 saturated carbocycles. The molecule has 1 aliphatic rings. The van der Waals surface area contributed by atoms with Gasteiger partial charge in [-0.05, 0) is 12.8 Å². The Morgan fingerprint density at radius 3 is 2.75 bits per heavy atom. The smallest absolute Gasteiger partial charge is 0.332 e. The van der Waals surface area contributed by atoms with E-state index < -0.39 is 18.1 Å². The van der Waals surface area contributed by atoms with Crippen LogP contribution in [0, 0.1) is 0 Å². The van der Waals surface area contributed by atoms with Gasteiger partial charge < -0.3 is 20.7 Å². The zero-order valence-electron chi connectivity index (χ0n) is 6.64. The van der Waals surface area contributed by atoms with Crippen LogP contribution in [0.25, 0.3) is 0 Å². The molecule has 5 nitrogen and oxygen atoms in total. The Morgan fingerprint density at radius 2 is 2.33 bits per heavy atom. The molecule has 12 heavy (non-hydrogen) atoms. The average Bonchev–Trinajstić information content (AvgIpc) is 2.51. The van der Waals surface area contributed by atoms with Crippen LogP contribution in [0.5, 0.6) is 0 Å². The largest absolute Gasteiger partial charge is 0.479 e. The van der Waals surface area contributed by atoms with Crippen LogP contribution in [0.15, 0.2) is 0 Å². The number of hydrogen-bond acceptors (Lipinski definition) is 4. The van der Waals surface area contributed by atoms with Crippen molar-refractivity contribution in [2.24, 2.45) is 5.73 Å². The van der Waals surface area contributed by atoms with Gasteiger partial charge in [0.25, 0.3) is 0 Å². The van der Waals surface area contributed by atoms with Gasteiger partial charge in [-0.2, -0.15) is 0 Å². The number of aliphatic hydroxyl groups is 1. The summed E-state index contributed by atoms with van der Waals surface area (Å²) < 4.78 is 5.09. The highest BCUT2D eigenvalue weighted by Crippen LogP contribution is 2.21. The summed E-state index contributed by atoms with van der Waals surface area (Å²) in [5, 5.41) is 17.2. The van der Waals surface area contributed by atoms with Crippen LogP contribution >= 0.6 is 0 Å². The third-order valence-electron chi connectivity index (χ3n) is 2.02. The molecular weight excluding hydrogens is 162 g/mol. The predicted octanol–water partition coefficient (Wildman–Crippen LogP) is -1.06. The molecule has 1 fully saturated rings. The van der Waals surface area contributed by atoms with Crippen molar-refractivity contribution in [1.29, 1.82) is 0 Å². The summed E-state index contributed by atoms with van der Waals surface area (Å²) in [4.78, 5) is 10.4. The van der Waals surface area contributed by atoms with Gasteiger partial charge in [-0.15, -0.1) is 0 Å². The van der Waals surface area contributed by atoms with E-state index in [1.165, 1.54) is 0 Å². The van der Waals surface area contributed by atoms with Gasteiger partial charge in [0.15, 0.2) is 6.10 Å². The first kappa shape index (κ1) is 9.44. The molecule has 0 aromatic carbocycles. The zero-order valence-corrected chi connectivity index (χ0v) is 6.64. The minimum atomic E-state index is -0.956. The number of carboxylic acids is 1. The Labute approximate surface area is 70.1 Å². The Hall–Kier alpha value is -0.650. The number of ether oxygens (including phenoxy) is 1. The Balaban J connectivity index is 2.40. The Morgan fingerprint density at radius 1 is 1.67 bits per heavy atom. The van der Waals surface area contributed by atoms with E-state index in [-0.39, 0.29) is 12.7 Å². The minimum absolute atomic E-state index is 0.170. The van der Waals surface area contributed by atoms with E-state index >= 15 is 0 Å². The van der Waals surface area contributed by atoms with E-state index in [1.807, 2.05) is 0 Å². The summed E-state index contributed by atoms with van der Waals surface area (Å²) in [5.74, 6) is -0.956. The van der Waals surface area contributed by atoms with Gasteiger partial charge in [0.2, 0.25) is 0 Å². The van der Waals surface area contributed by atoms with Gasteiger partial charge in [0.1, 0.15) is 0 Å². The summed E-state index contributed by atoms with van der Waals surface area (Å²) in [6.07, 6.45) is 0.0375. The van der Waals surface area contributed by atoms with Crippen LogP contribution in [0.2, 0.25) is 0 Å². The summed E-state index contributed by atoms with van der Waals surface area (Å²) in [6.45, 7) is -0.170. The van der Waals surface area contributed by atoms with Gasteiger partial charge >= 0.3 is 5.97 Å². The first-order valence-electron chi connectivity index (χ1n) is 3.90. The molecule has 0 aliphatic carbocycles. The maximum Gasteiger partial charge on any atom is 0.332 e. The number of rotatable bonds is 3. The fourth-order valence-corrected chi connectivity index (χ4v) is 1.28. The second-order valence-corrected chi connectivity index (χ2v) is 2.93. The second-order valence-electron chi connectivity index (χ2n) is 2.93. The third kappa shape index (κ3) is 1.94. The van der Waals surface area contributed by atoms with Gasteiger partial charge in [0, 0.05) is 0 Å². The maximum absolute atomic E-state index is 10.4. The van der Waals surface area contributed by atoms with Gasteiger partial charge in [-0.25, -0.2) is 4.79 Å². The number of carboxylic acid groups (broad SMARTS) is 1. The fraction of sp³-hybridized carbons (Fsp3) is 0.857. The summed E-state index contributed by atoms with van der Waals surface area (Å²) in [6, 6.07) is -0.464. The van der Waals surface area contributed by atoms with Crippen LogP contribution in [0.1, 0.15) is 12.8 Å². The van der Waals surface area contributed by atoms with Crippen LogP contribution in [0.4, 0.5) is 0 Å². The molecule has 5 heteroatoms. The molecule has 0 bridgehead atoms. The molecule has 1 aliphatic heterocycles. The van der Waals surface area contributed by atoms with E-state index in [0.29, 0.717) is 12.8 Å². The summed E-state index contributed by atoms with van der Waals surface area (Å²) >= 11 is 0. The molecule has 0 amide bonds. The van der Waals surface area contributed by atoms with Crippen LogP contribution < -0.4 is 5.73 Å². The highest BCUT2D eigenvalue weighted by atomic mass is 16.5. The Kier molecular flexibility index (Phi) is 3.02. The zero-order chi connectivity index (χ0) is 9.14. The number of aliphatic carboxylic acids is 1. The van der Waals surface area contributed by atoms with Crippen molar-refractivity contribution in [2.75, 3.05) is 6.61 Å². The van der Waals surface area contributed by atoms with Crippen LogP contribution in [-0.2, 0) is 9.53 Å². The lowest BCUT2D eigenvalue weighted by Gasteiger charge is -2.16. The predicted molar refractivity (Wildman–Crippen MR) is 40.6 cm³/mol. The van der Waals surface area contributed by atoms with Crippen molar-refractivity contribution >= 4 is 5.97 Å². The third-order valence-corrected chi connectivity index (χ3v) is 2.02. The standard InChI is InChI=1S/C7H13NO4/c8-4(3-9)5-1-2-6(12-5)7(10)11/h4-6,9H,1-3,8H2,(H,10,11)/t4?,5?,6-/m1/s1.